The lowest BCUT2D eigenvalue weighted by molar-refractivity contribution is 0.154. The molecule has 3 aromatic rings. The van der Waals surface area contributed by atoms with E-state index >= 15 is 0 Å². The molecule has 0 bridgehead atoms. The molecule has 8 heteroatoms. The van der Waals surface area contributed by atoms with Crippen LogP contribution in [0.1, 0.15) is 23.0 Å². The lowest BCUT2D eigenvalue weighted by atomic mass is 10.0. The highest BCUT2D eigenvalue weighted by Crippen LogP contribution is 2.29. The van der Waals surface area contributed by atoms with Gasteiger partial charge in [0.15, 0.2) is 0 Å². The van der Waals surface area contributed by atoms with Gasteiger partial charge in [0.1, 0.15) is 18.2 Å². The molecule has 1 aliphatic heterocycles. The van der Waals surface area contributed by atoms with Gasteiger partial charge >= 0.3 is 0 Å². The van der Waals surface area contributed by atoms with Gasteiger partial charge in [0.25, 0.3) is 0 Å². The van der Waals surface area contributed by atoms with Crippen molar-refractivity contribution in [1.29, 1.82) is 0 Å². The summed E-state index contributed by atoms with van der Waals surface area (Å²) >= 11 is 6.46. The number of nitrogens with zero attached hydrogens (tertiary/aromatic N) is 3. The minimum absolute atomic E-state index is 0. The number of hydrogen-bond acceptors (Lipinski definition) is 4. The summed E-state index contributed by atoms with van der Waals surface area (Å²) in [5, 5.41) is 4.32. The number of rotatable bonds is 6. The lowest BCUT2D eigenvalue weighted by Gasteiger charge is -2.37. The van der Waals surface area contributed by atoms with E-state index in [0.717, 1.165) is 42.8 Å². The van der Waals surface area contributed by atoms with Crippen LogP contribution in [0.25, 0.3) is 0 Å². The summed E-state index contributed by atoms with van der Waals surface area (Å²) in [6.07, 6.45) is 3.70. The van der Waals surface area contributed by atoms with E-state index in [1.807, 2.05) is 42.1 Å². The summed E-state index contributed by atoms with van der Waals surface area (Å²) in [5.41, 5.74) is 2.45. The van der Waals surface area contributed by atoms with E-state index in [1.165, 1.54) is 11.1 Å². The smallest absolute Gasteiger partial charge is 0.146 e. The fourth-order valence-corrected chi connectivity index (χ4v) is 3.86. The first-order chi connectivity index (χ1) is 13.7. The van der Waals surface area contributed by atoms with Crippen LogP contribution in [0.15, 0.2) is 60.9 Å². The number of aryl methyl sites for hydroxylation is 1. The van der Waals surface area contributed by atoms with Gasteiger partial charge in [-0.3, -0.25) is 4.90 Å². The Morgan fingerprint density at radius 3 is 2.60 bits per heavy atom. The molecular weight excluding hydrogens is 443 g/mol. The molecule has 1 aliphatic rings. The lowest BCUT2D eigenvalue weighted by Crippen LogP contribution is -2.45. The number of nitrogens with one attached hydrogen (secondary N) is 1. The minimum Gasteiger partial charge on any atom is -0.486 e. The average Bonchev–Trinajstić information content (AvgIpc) is 3.13. The summed E-state index contributed by atoms with van der Waals surface area (Å²) in [5.74, 6) is 1.77. The van der Waals surface area contributed by atoms with Gasteiger partial charge in [-0.1, -0.05) is 41.9 Å². The van der Waals surface area contributed by atoms with Crippen molar-refractivity contribution in [3.05, 3.63) is 82.9 Å². The topological polar surface area (TPSA) is 42.3 Å². The van der Waals surface area contributed by atoms with Crippen LogP contribution < -0.4 is 10.1 Å². The predicted molar refractivity (Wildman–Crippen MR) is 126 cm³/mol. The molecule has 2 heterocycles. The predicted octanol–water partition coefficient (Wildman–Crippen LogP) is 4.64. The summed E-state index contributed by atoms with van der Waals surface area (Å²) in [6.45, 7) is 4.25. The Bertz CT molecular complexity index is 917. The number of benzene rings is 2. The van der Waals surface area contributed by atoms with Crippen molar-refractivity contribution in [2.24, 2.45) is 7.05 Å². The van der Waals surface area contributed by atoms with Crippen molar-refractivity contribution < 1.29 is 4.74 Å². The molecule has 0 saturated carbocycles. The van der Waals surface area contributed by atoms with Gasteiger partial charge < -0.3 is 14.6 Å². The molecule has 5 nitrogen and oxygen atoms in total. The van der Waals surface area contributed by atoms with Crippen molar-refractivity contribution in [1.82, 2.24) is 19.8 Å². The number of hydrogen-bond donors (Lipinski definition) is 1. The second-order valence-electron chi connectivity index (χ2n) is 7.10. The van der Waals surface area contributed by atoms with Gasteiger partial charge in [-0.25, -0.2) is 4.98 Å². The quantitative estimate of drug-likeness (QED) is 0.571. The molecule has 1 atom stereocenters. The molecule has 1 saturated heterocycles. The van der Waals surface area contributed by atoms with E-state index < -0.39 is 0 Å². The molecule has 4 rings (SSSR count). The SMILES string of the molecule is Cl.Cl.Cn1ccnc1COc1ccc(CN2CCNCC2c2ccccc2Cl)cc1. The Kier molecular flexibility index (Phi) is 9.46. The molecule has 162 valence electrons. The van der Waals surface area contributed by atoms with Crippen LogP contribution in [0, 0.1) is 0 Å². The molecule has 2 aromatic carbocycles. The normalized spacial score (nSPS) is 16.4. The Labute approximate surface area is 195 Å². The number of piperazine rings is 1. The highest BCUT2D eigenvalue weighted by molar-refractivity contribution is 6.31. The van der Waals surface area contributed by atoms with Crippen molar-refractivity contribution in [3.8, 4) is 5.75 Å². The van der Waals surface area contributed by atoms with Gasteiger partial charge in [0, 0.05) is 56.7 Å². The van der Waals surface area contributed by atoms with Gasteiger partial charge in [-0.2, -0.15) is 0 Å². The molecular formula is C22H27Cl3N4O. The molecule has 1 N–H and O–H groups in total. The molecule has 30 heavy (non-hydrogen) atoms. The maximum Gasteiger partial charge on any atom is 0.146 e. The van der Waals surface area contributed by atoms with E-state index in [4.69, 9.17) is 16.3 Å². The zero-order chi connectivity index (χ0) is 19.3. The van der Waals surface area contributed by atoms with Crippen molar-refractivity contribution >= 4 is 36.4 Å². The third-order valence-corrected chi connectivity index (χ3v) is 5.56. The van der Waals surface area contributed by atoms with Crippen LogP contribution in [0.4, 0.5) is 0 Å². The number of halogens is 3. The third-order valence-electron chi connectivity index (χ3n) is 5.22. The second kappa shape index (κ2) is 11.6. The van der Waals surface area contributed by atoms with E-state index in [2.05, 4.69) is 39.5 Å². The van der Waals surface area contributed by atoms with E-state index in [1.54, 1.807) is 6.20 Å². The molecule has 0 radical (unpaired) electrons. The standard InChI is InChI=1S/C22H25ClN4O.2ClH/c1-26-12-11-25-22(26)16-28-18-8-6-17(7-9-18)15-27-13-10-24-14-21(27)19-4-2-3-5-20(19)23;;/h2-9,11-12,21,24H,10,13-16H2,1H3;2*1H. The third kappa shape index (κ3) is 5.90. The van der Waals surface area contributed by atoms with Crippen LogP contribution in [-0.2, 0) is 20.2 Å². The van der Waals surface area contributed by atoms with Crippen LogP contribution in [0.5, 0.6) is 5.75 Å². The average molecular weight is 470 g/mol. The highest BCUT2D eigenvalue weighted by Gasteiger charge is 2.25. The Morgan fingerprint density at radius 1 is 1.13 bits per heavy atom. The minimum atomic E-state index is 0. The first kappa shape index (κ1) is 24.5. The highest BCUT2D eigenvalue weighted by atomic mass is 35.5. The van der Waals surface area contributed by atoms with E-state index in [0.29, 0.717) is 6.61 Å². The first-order valence-electron chi connectivity index (χ1n) is 9.58. The summed E-state index contributed by atoms with van der Waals surface area (Å²) in [7, 11) is 1.97. The molecule has 1 fully saturated rings. The van der Waals surface area contributed by atoms with Crippen LogP contribution >= 0.6 is 36.4 Å². The molecule has 0 spiro atoms. The molecule has 0 amide bonds. The van der Waals surface area contributed by atoms with Crippen LogP contribution in [0.3, 0.4) is 0 Å². The van der Waals surface area contributed by atoms with Crippen molar-refractivity contribution in [3.63, 3.8) is 0 Å². The van der Waals surface area contributed by atoms with Gasteiger partial charge in [0.2, 0.25) is 0 Å². The molecule has 0 aliphatic carbocycles. The number of aromatic nitrogens is 2. The summed E-state index contributed by atoms with van der Waals surface area (Å²) < 4.78 is 7.82. The van der Waals surface area contributed by atoms with Crippen molar-refractivity contribution in [2.75, 3.05) is 19.6 Å². The van der Waals surface area contributed by atoms with Gasteiger partial charge in [0.05, 0.1) is 0 Å². The molecule has 1 aromatic heterocycles. The zero-order valence-electron chi connectivity index (χ0n) is 16.8. The van der Waals surface area contributed by atoms with Crippen LogP contribution in [-0.4, -0.2) is 34.1 Å². The summed E-state index contributed by atoms with van der Waals surface area (Å²) in [6, 6.07) is 16.8. The zero-order valence-corrected chi connectivity index (χ0v) is 19.2. The molecule has 1 unspecified atom stereocenters. The number of imidazole rings is 1. The summed E-state index contributed by atoms with van der Waals surface area (Å²) in [4.78, 5) is 6.77. The largest absolute Gasteiger partial charge is 0.486 e. The van der Waals surface area contributed by atoms with Gasteiger partial charge in [-0.15, -0.1) is 24.8 Å². The van der Waals surface area contributed by atoms with Crippen molar-refractivity contribution in [2.45, 2.75) is 19.2 Å². The Hall–Kier alpha value is -1.76. The van der Waals surface area contributed by atoms with E-state index in [-0.39, 0.29) is 30.9 Å². The Morgan fingerprint density at radius 2 is 1.90 bits per heavy atom. The maximum atomic E-state index is 6.46. The fraction of sp³-hybridized carbons (Fsp3) is 0.318. The monoisotopic (exact) mass is 468 g/mol. The van der Waals surface area contributed by atoms with Crippen LogP contribution in [0.2, 0.25) is 5.02 Å². The van der Waals surface area contributed by atoms with E-state index in [9.17, 15) is 0 Å². The Balaban J connectivity index is 0.00000160. The number of ether oxygens (including phenoxy) is 1. The van der Waals surface area contributed by atoms with Gasteiger partial charge in [-0.05, 0) is 29.3 Å². The maximum absolute atomic E-state index is 6.46. The second-order valence-corrected chi connectivity index (χ2v) is 7.51. The fourth-order valence-electron chi connectivity index (χ4n) is 3.60. The first-order valence-corrected chi connectivity index (χ1v) is 9.95.